The van der Waals surface area contributed by atoms with E-state index in [-0.39, 0.29) is 10.8 Å². The van der Waals surface area contributed by atoms with Crippen LogP contribution in [0.5, 0.6) is 0 Å². The molecule has 102 valence electrons. The van der Waals surface area contributed by atoms with E-state index in [0.29, 0.717) is 18.8 Å². The fourth-order valence-corrected chi connectivity index (χ4v) is 1.61. The van der Waals surface area contributed by atoms with E-state index in [9.17, 15) is 13.2 Å². The summed E-state index contributed by atoms with van der Waals surface area (Å²) < 4.78 is 37.2. The quantitative estimate of drug-likeness (QED) is 0.908. The Kier molecular flexibility index (Phi) is 3.89. The Morgan fingerprint density at radius 3 is 2.68 bits per heavy atom. The molecule has 2 aromatic rings. The molecule has 0 saturated carbocycles. The van der Waals surface area contributed by atoms with Crippen LogP contribution >= 0.6 is 11.6 Å². The van der Waals surface area contributed by atoms with Crippen molar-refractivity contribution in [3.63, 3.8) is 0 Å². The van der Waals surface area contributed by atoms with Crippen LogP contribution in [0.4, 0.5) is 19.0 Å². The summed E-state index contributed by atoms with van der Waals surface area (Å²) >= 11 is 5.74. The van der Waals surface area contributed by atoms with E-state index in [4.69, 9.17) is 11.6 Å². The molecule has 0 saturated heterocycles. The van der Waals surface area contributed by atoms with Crippen molar-refractivity contribution in [1.82, 2.24) is 20.2 Å². The number of aromatic nitrogens is 4. The zero-order chi connectivity index (χ0) is 13.9. The third kappa shape index (κ3) is 3.57. The fourth-order valence-electron chi connectivity index (χ4n) is 1.37. The van der Waals surface area contributed by atoms with Gasteiger partial charge in [-0.05, 0) is 6.07 Å². The van der Waals surface area contributed by atoms with Crippen molar-refractivity contribution in [2.24, 2.45) is 0 Å². The van der Waals surface area contributed by atoms with Crippen LogP contribution in [0.3, 0.4) is 0 Å². The molecule has 0 aliphatic rings. The SMILES string of the molecule is FC(F)(F)c1cnc(NCCc2ncn[nH]2)c(Cl)c1. The van der Waals surface area contributed by atoms with Crippen LogP contribution in [0.1, 0.15) is 11.4 Å². The Labute approximate surface area is 111 Å². The van der Waals surface area contributed by atoms with Crippen molar-refractivity contribution in [2.45, 2.75) is 12.6 Å². The third-order valence-corrected chi connectivity index (χ3v) is 2.58. The maximum Gasteiger partial charge on any atom is 0.417 e. The Hall–Kier alpha value is -1.83. The fraction of sp³-hybridized carbons (Fsp3) is 0.300. The summed E-state index contributed by atoms with van der Waals surface area (Å²) in [7, 11) is 0. The average molecular weight is 292 g/mol. The second kappa shape index (κ2) is 5.43. The first-order chi connectivity index (χ1) is 8.97. The number of nitrogens with one attached hydrogen (secondary N) is 2. The molecule has 9 heteroatoms. The van der Waals surface area contributed by atoms with Crippen molar-refractivity contribution < 1.29 is 13.2 Å². The summed E-state index contributed by atoms with van der Waals surface area (Å²) in [5.74, 6) is 0.865. The molecule has 2 N–H and O–H groups in total. The predicted octanol–water partition coefficient (Wildman–Crippen LogP) is 2.53. The second-order valence-electron chi connectivity index (χ2n) is 3.66. The lowest BCUT2D eigenvalue weighted by molar-refractivity contribution is -0.137. The maximum atomic E-state index is 12.4. The summed E-state index contributed by atoms with van der Waals surface area (Å²) in [6, 6.07) is 0.839. The molecule has 5 nitrogen and oxygen atoms in total. The lowest BCUT2D eigenvalue weighted by Gasteiger charge is -2.10. The highest BCUT2D eigenvalue weighted by Gasteiger charge is 2.31. The van der Waals surface area contributed by atoms with Gasteiger partial charge >= 0.3 is 6.18 Å². The molecular formula is C10H9ClF3N5. The number of rotatable bonds is 4. The number of halogens is 4. The van der Waals surface area contributed by atoms with E-state index in [1.165, 1.54) is 6.33 Å². The number of H-pyrrole nitrogens is 1. The molecule has 0 aliphatic carbocycles. The number of pyridine rings is 1. The third-order valence-electron chi connectivity index (χ3n) is 2.29. The molecule has 0 spiro atoms. The van der Waals surface area contributed by atoms with Crippen molar-refractivity contribution in [3.05, 3.63) is 35.0 Å². The molecule has 0 amide bonds. The first kappa shape index (κ1) is 13.6. The minimum Gasteiger partial charge on any atom is -0.368 e. The lowest BCUT2D eigenvalue weighted by Crippen LogP contribution is -2.10. The summed E-state index contributed by atoms with van der Waals surface area (Å²) in [5.41, 5.74) is -0.877. The molecule has 0 aromatic carbocycles. The van der Waals surface area contributed by atoms with Crippen molar-refractivity contribution in [1.29, 1.82) is 0 Å². The van der Waals surface area contributed by atoms with Gasteiger partial charge in [-0.1, -0.05) is 11.6 Å². The van der Waals surface area contributed by atoms with Gasteiger partial charge in [-0.15, -0.1) is 0 Å². The molecular weight excluding hydrogens is 283 g/mol. The molecule has 2 aromatic heterocycles. The first-order valence-corrected chi connectivity index (χ1v) is 5.65. The standard InChI is InChI=1S/C10H9ClF3N5/c11-7-3-6(10(12,13)14)4-16-9(7)15-2-1-8-17-5-18-19-8/h3-5H,1-2H2,(H,15,16)(H,17,18,19). The van der Waals surface area contributed by atoms with Crippen LogP contribution in [-0.4, -0.2) is 26.7 Å². The number of hydrogen-bond acceptors (Lipinski definition) is 4. The van der Waals surface area contributed by atoms with Crippen molar-refractivity contribution >= 4 is 17.4 Å². The van der Waals surface area contributed by atoms with Crippen LogP contribution in [0.2, 0.25) is 5.02 Å². The van der Waals surface area contributed by atoms with Crippen molar-refractivity contribution in [2.75, 3.05) is 11.9 Å². The monoisotopic (exact) mass is 291 g/mol. The summed E-state index contributed by atoms with van der Waals surface area (Å²) in [5, 5.41) is 9.09. The smallest absolute Gasteiger partial charge is 0.368 e. The summed E-state index contributed by atoms with van der Waals surface area (Å²) in [4.78, 5) is 7.56. The van der Waals surface area contributed by atoms with Crippen LogP contribution in [-0.2, 0) is 12.6 Å². The summed E-state index contributed by atoms with van der Waals surface area (Å²) in [6.45, 7) is 0.424. The van der Waals surface area contributed by atoms with Gasteiger partial charge in [0.25, 0.3) is 0 Å². The summed E-state index contributed by atoms with van der Waals surface area (Å²) in [6.07, 6.45) is -1.81. The van der Waals surface area contributed by atoms with Gasteiger partial charge in [0.15, 0.2) is 0 Å². The van der Waals surface area contributed by atoms with E-state index in [0.717, 1.165) is 12.3 Å². The molecule has 0 atom stereocenters. The zero-order valence-electron chi connectivity index (χ0n) is 9.50. The normalized spacial score (nSPS) is 11.6. The van der Waals surface area contributed by atoms with E-state index in [1.54, 1.807) is 0 Å². The second-order valence-corrected chi connectivity index (χ2v) is 4.07. The average Bonchev–Trinajstić information content (AvgIpc) is 2.83. The molecule has 0 unspecified atom stereocenters. The van der Waals surface area contributed by atoms with Crippen LogP contribution in [0.15, 0.2) is 18.6 Å². The Morgan fingerprint density at radius 1 is 1.32 bits per heavy atom. The number of aromatic amines is 1. The lowest BCUT2D eigenvalue weighted by atomic mass is 10.2. The molecule has 0 bridgehead atoms. The molecule has 2 rings (SSSR count). The van der Waals surface area contributed by atoms with Gasteiger partial charge in [0, 0.05) is 19.2 Å². The molecule has 0 fully saturated rings. The van der Waals surface area contributed by atoms with Gasteiger partial charge in [0.05, 0.1) is 10.6 Å². The minimum atomic E-state index is -4.45. The van der Waals surface area contributed by atoms with Gasteiger partial charge in [-0.3, -0.25) is 5.10 Å². The van der Waals surface area contributed by atoms with E-state index in [1.807, 2.05) is 0 Å². The number of hydrogen-bond donors (Lipinski definition) is 2. The van der Waals surface area contributed by atoms with Crippen LogP contribution < -0.4 is 5.32 Å². The maximum absolute atomic E-state index is 12.4. The highest BCUT2D eigenvalue weighted by atomic mass is 35.5. The highest BCUT2D eigenvalue weighted by molar-refractivity contribution is 6.32. The van der Waals surface area contributed by atoms with Crippen LogP contribution in [0.25, 0.3) is 0 Å². The van der Waals surface area contributed by atoms with Gasteiger partial charge in [-0.25, -0.2) is 9.97 Å². The number of alkyl halides is 3. The molecule has 2 heterocycles. The Balaban J connectivity index is 1.97. The van der Waals surface area contributed by atoms with E-state index in [2.05, 4.69) is 25.5 Å². The largest absolute Gasteiger partial charge is 0.417 e. The molecule has 0 radical (unpaired) electrons. The molecule has 0 aliphatic heterocycles. The molecule has 19 heavy (non-hydrogen) atoms. The Bertz CT molecular complexity index is 541. The van der Waals surface area contributed by atoms with Crippen LogP contribution in [0, 0.1) is 0 Å². The van der Waals surface area contributed by atoms with E-state index < -0.39 is 11.7 Å². The number of anilines is 1. The van der Waals surface area contributed by atoms with Crippen molar-refractivity contribution in [3.8, 4) is 0 Å². The van der Waals surface area contributed by atoms with Gasteiger partial charge in [0.1, 0.15) is 18.0 Å². The van der Waals surface area contributed by atoms with Gasteiger partial charge in [-0.2, -0.15) is 18.3 Å². The topological polar surface area (TPSA) is 66.5 Å². The number of nitrogens with zero attached hydrogens (tertiary/aromatic N) is 3. The Morgan fingerprint density at radius 2 is 2.11 bits per heavy atom. The highest BCUT2D eigenvalue weighted by Crippen LogP contribution is 2.32. The zero-order valence-corrected chi connectivity index (χ0v) is 10.3. The minimum absolute atomic E-state index is 0.0765. The van der Waals surface area contributed by atoms with Gasteiger partial charge < -0.3 is 5.32 Å². The predicted molar refractivity (Wildman–Crippen MR) is 62.8 cm³/mol. The first-order valence-electron chi connectivity index (χ1n) is 5.27. The van der Waals surface area contributed by atoms with E-state index >= 15 is 0 Å². The van der Waals surface area contributed by atoms with Gasteiger partial charge in [0.2, 0.25) is 0 Å².